The number of rotatable bonds is 7. The molecule has 1 N–H and O–H groups in total. The molecule has 2 aromatic rings. The molecule has 8 nitrogen and oxygen atoms in total. The van der Waals surface area contributed by atoms with Gasteiger partial charge in [0.15, 0.2) is 0 Å². The molecule has 22 heavy (non-hydrogen) atoms. The molecule has 1 amide bonds. The number of carbonyl (C=O) groups is 1. The minimum Gasteiger partial charge on any atom is -0.497 e. The van der Waals surface area contributed by atoms with E-state index in [1.54, 1.807) is 14.2 Å². The number of amides is 1. The monoisotopic (exact) mass is 305 g/mol. The zero-order chi connectivity index (χ0) is 15.9. The second-order valence-corrected chi connectivity index (χ2v) is 4.80. The van der Waals surface area contributed by atoms with Gasteiger partial charge in [-0.05, 0) is 24.3 Å². The third kappa shape index (κ3) is 4.26. The number of aromatic nitrogens is 4. The van der Waals surface area contributed by atoms with Crippen LogP contribution in [0.2, 0.25) is 0 Å². The van der Waals surface area contributed by atoms with Crippen LogP contribution in [0.3, 0.4) is 0 Å². The Hall–Kier alpha value is -2.48. The van der Waals surface area contributed by atoms with Crippen molar-refractivity contribution in [1.29, 1.82) is 0 Å². The van der Waals surface area contributed by atoms with E-state index >= 15 is 0 Å². The van der Waals surface area contributed by atoms with E-state index < -0.39 is 0 Å². The molecule has 2 rings (SSSR count). The molecule has 0 aliphatic heterocycles. The van der Waals surface area contributed by atoms with Crippen LogP contribution in [0.15, 0.2) is 24.3 Å². The topological polar surface area (TPSA) is 91.2 Å². The molecule has 0 aliphatic rings. The third-order valence-corrected chi connectivity index (χ3v) is 2.89. The lowest BCUT2D eigenvalue weighted by Crippen LogP contribution is -2.38. The zero-order valence-electron chi connectivity index (χ0n) is 12.8. The van der Waals surface area contributed by atoms with Gasteiger partial charge in [0, 0.05) is 18.7 Å². The normalized spacial score (nSPS) is 12.0. The number of methoxy groups -OCH3 is 2. The highest BCUT2D eigenvalue weighted by molar-refractivity contribution is 5.75. The summed E-state index contributed by atoms with van der Waals surface area (Å²) in [6, 6.07) is 7.26. The number of tetrazole rings is 1. The molecule has 1 heterocycles. The summed E-state index contributed by atoms with van der Waals surface area (Å²) in [5.74, 6) is 0.954. The highest BCUT2D eigenvalue weighted by Crippen LogP contribution is 2.19. The number of nitrogens with one attached hydrogen (secondary N) is 1. The van der Waals surface area contributed by atoms with Crippen molar-refractivity contribution in [2.45, 2.75) is 19.5 Å². The van der Waals surface area contributed by atoms with E-state index in [4.69, 9.17) is 9.47 Å². The first-order valence-electron chi connectivity index (χ1n) is 6.83. The van der Waals surface area contributed by atoms with Crippen molar-refractivity contribution in [1.82, 2.24) is 25.5 Å². The molecule has 0 fully saturated rings. The third-order valence-electron chi connectivity index (χ3n) is 2.89. The molecule has 0 aliphatic carbocycles. The van der Waals surface area contributed by atoms with E-state index in [0.717, 1.165) is 5.56 Å². The van der Waals surface area contributed by atoms with Gasteiger partial charge < -0.3 is 14.8 Å². The summed E-state index contributed by atoms with van der Waals surface area (Å²) in [7, 11) is 3.18. The van der Waals surface area contributed by atoms with Gasteiger partial charge in [0.25, 0.3) is 0 Å². The van der Waals surface area contributed by atoms with Crippen molar-refractivity contribution >= 4 is 5.91 Å². The Morgan fingerprint density at radius 3 is 2.95 bits per heavy atom. The predicted molar refractivity (Wildman–Crippen MR) is 79.3 cm³/mol. The van der Waals surface area contributed by atoms with E-state index in [1.807, 2.05) is 31.2 Å². The van der Waals surface area contributed by atoms with Crippen LogP contribution in [0.4, 0.5) is 0 Å². The number of carbonyl (C=O) groups excluding carboxylic acids is 1. The zero-order valence-corrected chi connectivity index (χ0v) is 12.8. The Morgan fingerprint density at radius 1 is 1.41 bits per heavy atom. The Morgan fingerprint density at radius 2 is 2.23 bits per heavy atom. The Balaban J connectivity index is 2.00. The fourth-order valence-electron chi connectivity index (χ4n) is 1.93. The van der Waals surface area contributed by atoms with Crippen molar-refractivity contribution in [2.24, 2.45) is 0 Å². The van der Waals surface area contributed by atoms with Crippen LogP contribution in [0.1, 0.15) is 6.92 Å². The molecule has 0 saturated carbocycles. The Bertz CT molecular complexity index is 628. The summed E-state index contributed by atoms with van der Waals surface area (Å²) in [6.07, 6.45) is 0. The van der Waals surface area contributed by atoms with Gasteiger partial charge in [-0.3, -0.25) is 4.79 Å². The quantitative estimate of drug-likeness (QED) is 0.801. The van der Waals surface area contributed by atoms with E-state index in [9.17, 15) is 4.79 Å². The van der Waals surface area contributed by atoms with Crippen LogP contribution in [-0.2, 0) is 16.1 Å². The number of nitrogens with zero attached hydrogens (tertiary/aromatic N) is 4. The van der Waals surface area contributed by atoms with E-state index in [0.29, 0.717) is 18.2 Å². The van der Waals surface area contributed by atoms with Crippen LogP contribution < -0.4 is 10.1 Å². The summed E-state index contributed by atoms with van der Waals surface area (Å²) in [5.41, 5.74) is 0.777. The molecule has 1 unspecified atom stereocenters. The molecule has 1 aromatic carbocycles. The number of hydrogen-bond donors (Lipinski definition) is 1. The van der Waals surface area contributed by atoms with Gasteiger partial charge in [-0.1, -0.05) is 12.1 Å². The van der Waals surface area contributed by atoms with Crippen LogP contribution in [0.25, 0.3) is 11.4 Å². The maximum Gasteiger partial charge on any atom is 0.243 e. The van der Waals surface area contributed by atoms with Crippen molar-refractivity contribution in [2.75, 3.05) is 20.8 Å². The molecule has 1 aromatic heterocycles. The standard InChI is InChI=1S/C14H19N5O3/c1-10(9-21-2)15-13(20)8-19-17-14(16-18-19)11-5-4-6-12(7-11)22-3/h4-7,10H,8-9H2,1-3H3,(H,15,20). The maximum absolute atomic E-state index is 11.8. The minimum absolute atomic E-state index is 0.00498. The number of benzene rings is 1. The lowest BCUT2D eigenvalue weighted by Gasteiger charge is -2.11. The van der Waals surface area contributed by atoms with Crippen LogP contribution >= 0.6 is 0 Å². The van der Waals surface area contributed by atoms with Crippen LogP contribution in [-0.4, -0.2) is 53.0 Å². The summed E-state index contributed by atoms with van der Waals surface area (Å²) in [6.45, 7) is 2.31. The number of hydrogen-bond acceptors (Lipinski definition) is 6. The van der Waals surface area contributed by atoms with Crippen molar-refractivity contribution < 1.29 is 14.3 Å². The van der Waals surface area contributed by atoms with Gasteiger partial charge in [-0.25, -0.2) is 0 Å². The Labute approximate surface area is 128 Å². The van der Waals surface area contributed by atoms with Crippen molar-refractivity contribution in [3.8, 4) is 17.1 Å². The lowest BCUT2D eigenvalue weighted by molar-refractivity contribution is -0.123. The minimum atomic E-state index is -0.195. The highest BCUT2D eigenvalue weighted by Gasteiger charge is 2.11. The fourth-order valence-corrected chi connectivity index (χ4v) is 1.93. The van der Waals surface area contributed by atoms with Crippen molar-refractivity contribution in [3.05, 3.63) is 24.3 Å². The van der Waals surface area contributed by atoms with E-state index in [2.05, 4.69) is 20.7 Å². The first-order chi connectivity index (χ1) is 10.6. The van der Waals surface area contributed by atoms with Gasteiger partial charge in [-0.2, -0.15) is 4.80 Å². The summed E-state index contributed by atoms with van der Waals surface area (Å²) in [5, 5.41) is 14.8. The molecule has 0 spiro atoms. The van der Waals surface area contributed by atoms with E-state index in [1.165, 1.54) is 4.80 Å². The van der Waals surface area contributed by atoms with E-state index in [-0.39, 0.29) is 18.5 Å². The molecule has 0 saturated heterocycles. The fraction of sp³-hybridized carbons (Fsp3) is 0.429. The predicted octanol–water partition coefficient (Wildman–Crippen LogP) is 0.500. The largest absolute Gasteiger partial charge is 0.497 e. The van der Waals surface area contributed by atoms with Gasteiger partial charge in [0.2, 0.25) is 11.7 Å². The summed E-state index contributed by atoms with van der Waals surface area (Å²) >= 11 is 0. The highest BCUT2D eigenvalue weighted by atomic mass is 16.5. The van der Waals surface area contributed by atoms with Gasteiger partial charge in [0.1, 0.15) is 12.3 Å². The maximum atomic E-state index is 11.8. The SMILES string of the molecule is COCC(C)NC(=O)Cn1nnc(-c2cccc(OC)c2)n1. The molecular weight excluding hydrogens is 286 g/mol. The molecule has 8 heteroatoms. The summed E-state index contributed by atoms with van der Waals surface area (Å²) in [4.78, 5) is 13.1. The Kier molecular flexibility index (Phi) is 5.42. The summed E-state index contributed by atoms with van der Waals surface area (Å²) < 4.78 is 10.1. The molecule has 0 radical (unpaired) electrons. The average Bonchev–Trinajstić information content (AvgIpc) is 2.95. The first kappa shape index (κ1) is 15.9. The average molecular weight is 305 g/mol. The molecular formula is C14H19N5O3. The first-order valence-corrected chi connectivity index (χ1v) is 6.83. The van der Waals surface area contributed by atoms with Crippen molar-refractivity contribution in [3.63, 3.8) is 0 Å². The second-order valence-electron chi connectivity index (χ2n) is 4.80. The second kappa shape index (κ2) is 7.51. The van der Waals surface area contributed by atoms with Gasteiger partial charge in [0.05, 0.1) is 13.7 Å². The van der Waals surface area contributed by atoms with Gasteiger partial charge >= 0.3 is 0 Å². The van der Waals surface area contributed by atoms with Gasteiger partial charge in [-0.15, -0.1) is 10.2 Å². The molecule has 0 bridgehead atoms. The number of ether oxygens (including phenoxy) is 2. The van der Waals surface area contributed by atoms with Crippen LogP contribution in [0, 0.1) is 0 Å². The lowest BCUT2D eigenvalue weighted by atomic mass is 10.2. The molecule has 1 atom stereocenters. The smallest absolute Gasteiger partial charge is 0.243 e. The van der Waals surface area contributed by atoms with Crippen LogP contribution in [0.5, 0.6) is 5.75 Å². The molecule has 118 valence electrons.